The minimum atomic E-state index is 0.229. The lowest BCUT2D eigenvalue weighted by Crippen LogP contribution is -2.44. The van der Waals surface area contributed by atoms with Gasteiger partial charge in [0.2, 0.25) is 0 Å². The van der Waals surface area contributed by atoms with Gasteiger partial charge in [0.05, 0.1) is 12.3 Å². The molecule has 2 aliphatic heterocycles. The Bertz CT molecular complexity index is 814. The number of anilines is 1. The molecule has 1 aromatic heterocycles. The first-order valence-corrected chi connectivity index (χ1v) is 11.0. The second-order valence-electron chi connectivity index (χ2n) is 7.98. The molecule has 6 heteroatoms. The standard InChI is InChI=1S/C24H33N5O/c1-25-24(26-18-20-9-11-21(12-10-20)28-13-5-6-14-28)27-19-22(23-8-7-17-30-23)29-15-3-2-4-16-29/h5-12,17,22H,2-4,13-16,18-19H2,1H3,(H2,25,26,27). The Morgan fingerprint density at radius 1 is 1.03 bits per heavy atom. The van der Waals surface area contributed by atoms with E-state index in [-0.39, 0.29) is 6.04 Å². The van der Waals surface area contributed by atoms with Gasteiger partial charge >= 0.3 is 0 Å². The number of nitrogens with one attached hydrogen (secondary N) is 2. The van der Waals surface area contributed by atoms with E-state index >= 15 is 0 Å². The normalized spacial score (nSPS) is 18.6. The summed E-state index contributed by atoms with van der Waals surface area (Å²) < 4.78 is 5.75. The number of nitrogens with zero attached hydrogens (tertiary/aromatic N) is 3. The summed E-state index contributed by atoms with van der Waals surface area (Å²) in [6.45, 7) is 5.77. The van der Waals surface area contributed by atoms with Crippen molar-refractivity contribution in [3.63, 3.8) is 0 Å². The smallest absolute Gasteiger partial charge is 0.191 e. The van der Waals surface area contributed by atoms with Gasteiger partial charge in [-0.15, -0.1) is 0 Å². The molecule has 0 radical (unpaired) electrons. The Kier molecular flexibility index (Phi) is 7.08. The third-order valence-corrected chi connectivity index (χ3v) is 5.97. The van der Waals surface area contributed by atoms with Crippen molar-refractivity contribution >= 4 is 11.6 Å². The fourth-order valence-electron chi connectivity index (χ4n) is 4.23. The first-order valence-electron chi connectivity index (χ1n) is 11.0. The van der Waals surface area contributed by atoms with E-state index in [4.69, 9.17) is 4.42 Å². The molecule has 6 nitrogen and oxygen atoms in total. The van der Waals surface area contributed by atoms with Gasteiger partial charge in [-0.1, -0.05) is 30.7 Å². The maximum absolute atomic E-state index is 5.75. The molecule has 1 atom stereocenters. The zero-order valence-electron chi connectivity index (χ0n) is 17.9. The van der Waals surface area contributed by atoms with Crippen molar-refractivity contribution in [1.82, 2.24) is 15.5 Å². The van der Waals surface area contributed by atoms with Crippen LogP contribution in [0.5, 0.6) is 0 Å². The Labute approximate surface area is 179 Å². The number of rotatable bonds is 7. The highest BCUT2D eigenvalue weighted by atomic mass is 16.3. The quantitative estimate of drug-likeness (QED) is 0.418. The lowest BCUT2D eigenvalue weighted by molar-refractivity contribution is 0.146. The summed E-state index contributed by atoms with van der Waals surface area (Å²) in [7, 11) is 1.82. The molecule has 0 saturated carbocycles. The molecule has 0 spiro atoms. The summed E-state index contributed by atoms with van der Waals surface area (Å²) >= 11 is 0. The van der Waals surface area contributed by atoms with Crippen molar-refractivity contribution in [1.29, 1.82) is 0 Å². The van der Waals surface area contributed by atoms with Gasteiger partial charge in [-0.25, -0.2) is 0 Å². The monoisotopic (exact) mass is 407 g/mol. The molecule has 0 amide bonds. The van der Waals surface area contributed by atoms with Crippen LogP contribution < -0.4 is 15.5 Å². The predicted octanol–water partition coefficient (Wildman–Crippen LogP) is 3.55. The summed E-state index contributed by atoms with van der Waals surface area (Å²) in [5.41, 5.74) is 2.52. The average Bonchev–Trinajstić information content (AvgIpc) is 3.52. The molecule has 1 saturated heterocycles. The molecule has 2 aromatic rings. The van der Waals surface area contributed by atoms with Crippen molar-refractivity contribution in [3.8, 4) is 0 Å². The van der Waals surface area contributed by atoms with Gasteiger partial charge in [0.25, 0.3) is 0 Å². The summed E-state index contributed by atoms with van der Waals surface area (Å²) in [6.07, 6.45) is 10.0. The van der Waals surface area contributed by atoms with Crippen LogP contribution in [0.4, 0.5) is 5.69 Å². The van der Waals surface area contributed by atoms with Crippen molar-refractivity contribution in [2.75, 3.05) is 44.7 Å². The number of guanidine groups is 1. The maximum Gasteiger partial charge on any atom is 0.191 e. The van der Waals surface area contributed by atoms with E-state index in [1.54, 1.807) is 6.26 Å². The van der Waals surface area contributed by atoms with Crippen LogP contribution in [0.1, 0.15) is 36.6 Å². The molecular formula is C24H33N5O. The highest BCUT2D eigenvalue weighted by Gasteiger charge is 2.24. The Hall–Kier alpha value is -2.73. The van der Waals surface area contributed by atoms with Gasteiger partial charge in [0.15, 0.2) is 5.96 Å². The molecular weight excluding hydrogens is 374 g/mol. The van der Waals surface area contributed by atoms with Gasteiger partial charge in [0.1, 0.15) is 5.76 Å². The maximum atomic E-state index is 5.75. The first kappa shape index (κ1) is 20.5. The molecule has 30 heavy (non-hydrogen) atoms. The fourth-order valence-corrected chi connectivity index (χ4v) is 4.23. The van der Waals surface area contributed by atoms with E-state index in [0.717, 1.165) is 51.0 Å². The fraction of sp³-hybridized carbons (Fsp3) is 0.458. The summed E-state index contributed by atoms with van der Waals surface area (Å²) in [5, 5.41) is 6.94. The van der Waals surface area contributed by atoms with E-state index in [9.17, 15) is 0 Å². The van der Waals surface area contributed by atoms with Crippen LogP contribution in [0.25, 0.3) is 0 Å². The van der Waals surface area contributed by atoms with Crippen LogP contribution in [-0.4, -0.2) is 50.6 Å². The van der Waals surface area contributed by atoms with Crippen molar-refractivity contribution in [2.45, 2.75) is 31.8 Å². The van der Waals surface area contributed by atoms with Crippen LogP contribution in [-0.2, 0) is 6.54 Å². The third kappa shape index (κ3) is 5.25. The Balaban J connectivity index is 1.30. The van der Waals surface area contributed by atoms with Crippen LogP contribution in [0.2, 0.25) is 0 Å². The van der Waals surface area contributed by atoms with Crippen LogP contribution >= 0.6 is 0 Å². The zero-order valence-corrected chi connectivity index (χ0v) is 17.9. The van der Waals surface area contributed by atoms with Crippen molar-refractivity contribution in [3.05, 3.63) is 66.1 Å². The lowest BCUT2D eigenvalue weighted by Gasteiger charge is -2.33. The molecule has 0 bridgehead atoms. The van der Waals surface area contributed by atoms with Crippen molar-refractivity contribution < 1.29 is 4.42 Å². The molecule has 2 N–H and O–H groups in total. The van der Waals surface area contributed by atoms with Gasteiger partial charge in [-0.05, 0) is 55.8 Å². The van der Waals surface area contributed by atoms with E-state index in [0.29, 0.717) is 0 Å². The van der Waals surface area contributed by atoms with E-state index < -0.39 is 0 Å². The van der Waals surface area contributed by atoms with Gasteiger partial charge in [0, 0.05) is 38.9 Å². The Morgan fingerprint density at radius 3 is 2.47 bits per heavy atom. The molecule has 1 aromatic carbocycles. The van der Waals surface area contributed by atoms with Gasteiger partial charge in [-0.3, -0.25) is 9.89 Å². The SMILES string of the molecule is CN=C(NCc1ccc(N2CC=CC2)cc1)NCC(c1ccco1)N1CCCCC1. The van der Waals surface area contributed by atoms with Crippen molar-refractivity contribution in [2.24, 2.45) is 4.99 Å². The predicted molar refractivity (Wildman–Crippen MR) is 123 cm³/mol. The number of benzene rings is 1. The highest BCUT2D eigenvalue weighted by Crippen LogP contribution is 2.24. The van der Waals surface area contributed by atoms with Gasteiger partial charge in [-0.2, -0.15) is 0 Å². The lowest BCUT2D eigenvalue weighted by atomic mass is 10.1. The minimum Gasteiger partial charge on any atom is -0.468 e. The molecule has 160 valence electrons. The molecule has 2 aliphatic rings. The summed E-state index contributed by atoms with van der Waals surface area (Å²) in [6, 6.07) is 13.1. The molecule has 1 unspecified atom stereocenters. The third-order valence-electron chi connectivity index (χ3n) is 5.97. The van der Waals surface area contributed by atoms with E-state index in [2.05, 4.69) is 67.9 Å². The summed E-state index contributed by atoms with van der Waals surface area (Å²) in [4.78, 5) is 9.29. The average molecular weight is 408 g/mol. The second kappa shape index (κ2) is 10.3. The number of piperidine rings is 1. The minimum absolute atomic E-state index is 0.229. The largest absolute Gasteiger partial charge is 0.468 e. The van der Waals surface area contributed by atoms with E-state index in [1.807, 2.05) is 13.1 Å². The highest BCUT2D eigenvalue weighted by molar-refractivity contribution is 5.79. The summed E-state index contributed by atoms with van der Waals surface area (Å²) in [5.74, 6) is 1.84. The number of likely N-dealkylation sites (tertiary alicyclic amines) is 1. The zero-order chi connectivity index (χ0) is 20.6. The van der Waals surface area contributed by atoms with E-state index in [1.165, 1.54) is 30.5 Å². The number of furan rings is 1. The van der Waals surface area contributed by atoms with Crippen LogP contribution in [0.3, 0.4) is 0 Å². The second-order valence-corrected chi connectivity index (χ2v) is 7.98. The topological polar surface area (TPSA) is 56.0 Å². The number of aliphatic imine (C=N–C) groups is 1. The van der Waals surface area contributed by atoms with Crippen LogP contribution in [0, 0.1) is 0 Å². The molecule has 1 fully saturated rings. The first-order chi connectivity index (χ1) is 14.8. The van der Waals surface area contributed by atoms with Crippen LogP contribution in [0.15, 0.2) is 64.2 Å². The Morgan fingerprint density at radius 2 is 1.80 bits per heavy atom. The number of hydrogen-bond acceptors (Lipinski definition) is 4. The van der Waals surface area contributed by atoms with Gasteiger partial charge < -0.3 is 20.0 Å². The molecule has 0 aliphatic carbocycles. The molecule has 3 heterocycles. The molecule has 4 rings (SSSR count). The number of hydrogen-bond donors (Lipinski definition) is 2.